The van der Waals surface area contributed by atoms with Crippen LogP contribution in [0.25, 0.3) is 0 Å². The summed E-state index contributed by atoms with van der Waals surface area (Å²) in [5.41, 5.74) is 1.12. The fourth-order valence-corrected chi connectivity index (χ4v) is 2.22. The van der Waals surface area contributed by atoms with Gasteiger partial charge in [0, 0.05) is 19.1 Å². The van der Waals surface area contributed by atoms with Crippen molar-refractivity contribution in [3.8, 4) is 0 Å². The second-order valence-electron chi connectivity index (χ2n) is 3.95. The van der Waals surface area contributed by atoms with E-state index in [2.05, 4.69) is 15.2 Å². The van der Waals surface area contributed by atoms with Crippen LogP contribution < -0.4 is 10.2 Å². The van der Waals surface area contributed by atoms with Crippen LogP contribution >= 0.6 is 0 Å². The lowest BCUT2D eigenvalue weighted by molar-refractivity contribution is 0.0690. The molecule has 0 spiro atoms. The quantitative estimate of drug-likeness (QED) is 0.709. The molecule has 1 atom stereocenters. The lowest BCUT2D eigenvalue weighted by atomic mass is 10.2. The van der Waals surface area contributed by atoms with Crippen molar-refractivity contribution >= 4 is 17.5 Å². The van der Waals surface area contributed by atoms with Gasteiger partial charge in [0.05, 0.1) is 5.69 Å². The maximum absolute atomic E-state index is 10.8. The van der Waals surface area contributed by atoms with Gasteiger partial charge in [-0.1, -0.05) is 0 Å². The number of anilines is 2. The van der Waals surface area contributed by atoms with Gasteiger partial charge in [-0.25, -0.2) is 9.78 Å². The van der Waals surface area contributed by atoms with Crippen molar-refractivity contribution in [2.24, 2.45) is 0 Å². The predicted octanol–water partition coefficient (Wildman–Crippen LogP) is 0.784. The van der Waals surface area contributed by atoms with Crippen molar-refractivity contribution in [3.63, 3.8) is 0 Å². The lowest BCUT2D eigenvalue weighted by Crippen LogP contribution is -2.32. The third-order valence-electron chi connectivity index (χ3n) is 2.96. The van der Waals surface area contributed by atoms with Crippen LogP contribution in [-0.2, 0) is 0 Å². The first kappa shape index (κ1) is 8.52. The summed E-state index contributed by atoms with van der Waals surface area (Å²) in [6.07, 6.45) is 1.10. The van der Waals surface area contributed by atoms with E-state index in [9.17, 15) is 4.79 Å². The minimum absolute atomic E-state index is 0.101. The summed E-state index contributed by atoms with van der Waals surface area (Å²) in [5, 5.41) is 12.1. The maximum atomic E-state index is 10.8. The Bertz CT molecular complexity index is 433. The summed E-state index contributed by atoms with van der Waals surface area (Å²) in [4.78, 5) is 17.1. The topological polar surface area (TPSA) is 65.5 Å². The lowest BCUT2D eigenvalue weighted by Gasteiger charge is -2.27. The van der Waals surface area contributed by atoms with Crippen molar-refractivity contribution in [2.75, 3.05) is 23.3 Å². The van der Waals surface area contributed by atoms with E-state index in [4.69, 9.17) is 5.11 Å². The molecule has 0 radical (unpaired) electrons. The van der Waals surface area contributed by atoms with Gasteiger partial charge in [0.1, 0.15) is 0 Å². The number of hydrogen-bond donors (Lipinski definition) is 2. The number of rotatable bonds is 1. The summed E-state index contributed by atoms with van der Waals surface area (Å²) in [6, 6.07) is 3.82. The summed E-state index contributed by atoms with van der Waals surface area (Å²) in [5.74, 6) is -0.267. The first-order valence-electron chi connectivity index (χ1n) is 5.00. The molecule has 2 aliphatic rings. The Morgan fingerprint density at radius 1 is 1.60 bits per heavy atom. The van der Waals surface area contributed by atoms with Crippen LogP contribution in [-0.4, -0.2) is 35.2 Å². The molecule has 78 valence electrons. The molecule has 0 aliphatic carbocycles. The molecule has 5 heteroatoms. The molecule has 1 unspecified atom stereocenters. The van der Waals surface area contributed by atoms with Crippen molar-refractivity contribution in [1.29, 1.82) is 0 Å². The first-order valence-corrected chi connectivity index (χ1v) is 5.00. The van der Waals surface area contributed by atoms with Crippen molar-refractivity contribution in [2.45, 2.75) is 12.5 Å². The first-order chi connectivity index (χ1) is 7.24. The number of carboxylic acids is 1. The van der Waals surface area contributed by atoms with Gasteiger partial charge in [-0.3, -0.25) is 0 Å². The van der Waals surface area contributed by atoms with Crippen molar-refractivity contribution < 1.29 is 9.90 Å². The summed E-state index contributed by atoms with van der Waals surface area (Å²) in [6.45, 7) is 2.03. The van der Waals surface area contributed by atoms with Gasteiger partial charge in [-0.2, -0.15) is 0 Å². The number of fused-ring (bicyclic) bond motifs is 4. The second kappa shape index (κ2) is 2.85. The molecule has 0 amide bonds. The Morgan fingerprint density at radius 2 is 2.47 bits per heavy atom. The number of aromatic carboxylic acids is 1. The Balaban J connectivity index is 2.06. The van der Waals surface area contributed by atoms with Crippen LogP contribution in [0.5, 0.6) is 0 Å². The molecule has 2 aliphatic heterocycles. The minimum Gasteiger partial charge on any atom is -0.477 e. The molecule has 1 aromatic heterocycles. The van der Waals surface area contributed by atoms with Crippen molar-refractivity contribution in [3.05, 3.63) is 17.8 Å². The molecule has 0 aromatic carbocycles. The highest BCUT2D eigenvalue weighted by molar-refractivity contribution is 5.87. The smallest absolute Gasteiger partial charge is 0.354 e. The third-order valence-corrected chi connectivity index (χ3v) is 2.96. The number of carbonyl (C=O) groups is 1. The van der Waals surface area contributed by atoms with E-state index in [-0.39, 0.29) is 5.69 Å². The van der Waals surface area contributed by atoms with E-state index < -0.39 is 5.97 Å². The molecule has 2 N–H and O–H groups in total. The molecule has 5 nitrogen and oxygen atoms in total. The highest BCUT2D eigenvalue weighted by Crippen LogP contribution is 2.33. The van der Waals surface area contributed by atoms with Gasteiger partial charge in [0.2, 0.25) is 0 Å². The summed E-state index contributed by atoms with van der Waals surface area (Å²) >= 11 is 0. The SMILES string of the molecule is O=C(O)c1ccc2c(n1)NC1CCN2C1. The van der Waals surface area contributed by atoms with Gasteiger partial charge in [-0.05, 0) is 18.6 Å². The minimum atomic E-state index is -0.979. The van der Waals surface area contributed by atoms with Gasteiger partial charge in [0.25, 0.3) is 0 Å². The molecule has 3 heterocycles. The summed E-state index contributed by atoms with van der Waals surface area (Å²) < 4.78 is 0. The number of pyridine rings is 1. The largest absolute Gasteiger partial charge is 0.477 e. The van der Waals surface area contributed by atoms with Crippen LogP contribution in [0, 0.1) is 0 Å². The van der Waals surface area contributed by atoms with Crippen LogP contribution in [0.3, 0.4) is 0 Å². The van der Waals surface area contributed by atoms with Gasteiger partial charge >= 0.3 is 5.97 Å². The average molecular weight is 205 g/mol. The number of aromatic nitrogens is 1. The molecular weight excluding hydrogens is 194 g/mol. The molecule has 1 aromatic rings. The zero-order chi connectivity index (χ0) is 10.4. The normalized spacial score (nSPS) is 22.1. The number of hydrogen-bond acceptors (Lipinski definition) is 4. The van der Waals surface area contributed by atoms with E-state index in [1.165, 1.54) is 0 Å². The Labute approximate surface area is 86.7 Å². The van der Waals surface area contributed by atoms with Gasteiger partial charge in [0.15, 0.2) is 11.5 Å². The Hall–Kier alpha value is -1.78. The predicted molar refractivity (Wildman–Crippen MR) is 55.4 cm³/mol. The second-order valence-corrected chi connectivity index (χ2v) is 3.95. The highest BCUT2D eigenvalue weighted by Gasteiger charge is 2.30. The van der Waals surface area contributed by atoms with E-state index in [0.29, 0.717) is 11.9 Å². The van der Waals surface area contributed by atoms with E-state index in [1.807, 2.05) is 6.07 Å². The fourth-order valence-electron chi connectivity index (χ4n) is 2.22. The van der Waals surface area contributed by atoms with Crippen LogP contribution in [0.4, 0.5) is 11.5 Å². The molecule has 15 heavy (non-hydrogen) atoms. The van der Waals surface area contributed by atoms with Crippen LogP contribution in [0.2, 0.25) is 0 Å². The third kappa shape index (κ3) is 1.23. The Kier molecular flexibility index (Phi) is 1.62. The van der Waals surface area contributed by atoms with Crippen LogP contribution in [0.1, 0.15) is 16.9 Å². The van der Waals surface area contributed by atoms with Gasteiger partial charge < -0.3 is 15.3 Å². The van der Waals surface area contributed by atoms with Crippen LogP contribution in [0.15, 0.2) is 12.1 Å². The highest BCUT2D eigenvalue weighted by atomic mass is 16.4. The molecule has 1 saturated heterocycles. The van der Waals surface area contributed by atoms with E-state index in [0.717, 1.165) is 25.2 Å². The number of carboxylic acid groups (broad SMARTS) is 1. The molecule has 1 fully saturated rings. The molecule has 0 saturated carbocycles. The van der Waals surface area contributed by atoms with Crippen molar-refractivity contribution in [1.82, 2.24) is 4.98 Å². The number of nitrogens with zero attached hydrogens (tertiary/aromatic N) is 2. The molecule has 2 bridgehead atoms. The maximum Gasteiger partial charge on any atom is 0.354 e. The average Bonchev–Trinajstić information content (AvgIpc) is 2.60. The Morgan fingerprint density at radius 3 is 3.27 bits per heavy atom. The zero-order valence-corrected chi connectivity index (χ0v) is 8.10. The zero-order valence-electron chi connectivity index (χ0n) is 8.10. The molecular formula is C10H11N3O2. The fraction of sp³-hybridized carbons (Fsp3) is 0.400. The summed E-state index contributed by atoms with van der Waals surface area (Å²) in [7, 11) is 0. The van der Waals surface area contributed by atoms with E-state index >= 15 is 0 Å². The molecule has 3 rings (SSSR count). The number of nitrogens with one attached hydrogen (secondary N) is 1. The van der Waals surface area contributed by atoms with Gasteiger partial charge in [-0.15, -0.1) is 0 Å². The monoisotopic (exact) mass is 205 g/mol. The standard InChI is InChI=1S/C10H11N3O2/c14-10(15)7-1-2-8-9(12-7)11-6-3-4-13(8)5-6/h1-2,6H,3-5H2,(H,11,12)(H,14,15). The van der Waals surface area contributed by atoms with E-state index in [1.54, 1.807) is 6.07 Å².